The summed E-state index contributed by atoms with van der Waals surface area (Å²) in [5, 5.41) is 0. The van der Waals surface area contributed by atoms with Crippen LogP contribution in [0.5, 0.6) is 0 Å². The molecule has 0 aromatic heterocycles. The SMILES string of the molecule is C=C(C)Cc1ccc2c(c1)-c1ccccc1C2C. The van der Waals surface area contributed by atoms with Gasteiger partial charge in [0, 0.05) is 5.92 Å². The van der Waals surface area contributed by atoms with Crippen molar-refractivity contribution in [1.29, 1.82) is 0 Å². The molecule has 2 aromatic carbocycles. The van der Waals surface area contributed by atoms with Crippen LogP contribution in [-0.2, 0) is 6.42 Å². The van der Waals surface area contributed by atoms with E-state index < -0.39 is 0 Å². The molecule has 0 saturated heterocycles. The van der Waals surface area contributed by atoms with Gasteiger partial charge in [-0.15, -0.1) is 0 Å². The molecule has 0 spiro atoms. The molecule has 0 amide bonds. The van der Waals surface area contributed by atoms with Gasteiger partial charge in [0.2, 0.25) is 0 Å². The minimum atomic E-state index is 0.523. The number of hydrogen-bond donors (Lipinski definition) is 0. The smallest absolute Gasteiger partial charge is 0.00733 e. The summed E-state index contributed by atoms with van der Waals surface area (Å²) >= 11 is 0. The van der Waals surface area contributed by atoms with E-state index in [1.807, 2.05) is 0 Å². The highest BCUT2D eigenvalue weighted by Crippen LogP contribution is 2.44. The summed E-state index contributed by atoms with van der Waals surface area (Å²) in [7, 11) is 0. The van der Waals surface area contributed by atoms with E-state index in [2.05, 4.69) is 62.9 Å². The molecule has 2 aromatic rings. The number of rotatable bonds is 2. The van der Waals surface area contributed by atoms with Crippen LogP contribution in [0.15, 0.2) is 54.6 Å². The molecule has 0 heterocycles. The maximum Gasteiger partial charge on any atom is 0.00733 e. The monoisotopic (exact) mass is 234 g/mol. The third kappa shape index (κ3) is 1.69. The minimum Gasteiger partial charge on any atom is -0.0998 e. The van der Waals surface area contributed by atoms with Gasteiger partial charge in [-0.2, -0.15) is 0 Å². The average molecular weight is 234 g/mol. The first-order valence-corrected chi connectivity index (χ1v) is 6.53. The summed E-state index contributed by atoms with van der Waals surface area (Å²) in [6.07, 6.45) is 0.976. The molecular weight excluding hydrogens is 216 g/mol. The molecule has 3 rings (SSSR count). The molecule has 90 valence electrons. The van der Waals surface area contributed by atoms with Crippen LogP contribution < -0.4 is 0 Å². The second kappa shape index (κ2) is 4.13. The Labute approximate surface area is 109 Å². The molecular formula is C18H18. The molecule has 0 bridgehead atoms. The van der Waals surface area contributed by atoms with Crippen LogP contribution in [0.25, 0.3) is 11.1 Å². The molecule has 0 N–H and O–H groups in total. The zero-order chi connectivity index (χ0) is 12.7. The van der Waals surface area contributed by atoms with E-state index in [9.17, 15) is 0 Å². The van der Waals surface area contributed by atoms with Crippen LogP contribution in [0.1, 0.15) is 36.5 Å². The Kier molecular flexibility index (Phi) is 2.59. The molecule has 0 fully saturated rings. The second-order valence-corrected chi connectivity index (χ2v) is 5.36. The molecule has 0 aliphatic heterocycles. The van der Waals surface area contributed by atoms with Crippen LogP contribution >= 0.6 is 0 Å². The summed E-state index contributed by atoms with van der Waals surface area (Å²) < 4.78 is 0. The maximum atomic E-state index is 4.00. The normalized spacial score (nSPS) is 16.2. The van der Waals surface area contributed by atoms with Crippen molar-refractivity contribution in [2.24, 2.45) is 0 Å². The Morgan fingerprint density at radius 1 is 1.06 bits per heavy atom. The van der Waals surface area contributed by atoms with Crippen molar-refractivity contribution < 1.29 is 0 Å². The van der Waals surface area contributed by atoms with E-state index in [-0.39, 0.29) is 0 Å². The van der Waals surface area contributed by atoms with Crippen molar-refractivity contribution in [1.82, 2.24) is 0 Å². The first kappa shape index (κ1) is 11.3. The summed E-state index contributed by atoms with van der Waals surface area (Å²) in [4.78, 5) is 0. The number of fused-ring (bicyclic) bond motifs is 3. The minimum absolute atomic E-state index is 0.523. The van der Waals surface area contributed by atoms with Gasteiger partial charge in [0.05, 0.1) is 0 Å². The summed E-state index contributed by atoms with van der Waals surface area (Å²) in [5.41, 5.74) is 8.32. The number of allylic oxidation sites excluding steroid dienone is 1. The number of benzene rings is 2. The lowest BCUT2D eigenvalue weighted by molar-refractivity contribution is 0.955. The Hall–Kier alpha value is -1.82. The van der Waals surface area contributed by atoms with Crippen molar-refractivity contribution in [2.75, 3.05) is 0 Å². The van der Waals surface area contributed by atoms with E-state index in [0.29, 0.717) is 5.92 Å². The molecule has 0 nitrogen and oxygen atoms in total. The molecule has 1 unspecified atom stereocenters. The van der Waals surface area contributed by atoms with Crippen molar-refractivity contribution >= 4 is 0 Å². The van der Waals surface area contributed by atoms with Gasteiger partial charge < -0.3 is 0 Å². The largest absolute Gasteiger partial charge is 0.0998 e. The lowest BCUT2D eigenvalue weighted by Crippen LogP contribution is -1.91. The van der Waals surface area contributed by atoms with Gasteiger partial charge in [-0.1, -0.05) is 61.5 Å². The quantitative estimate of drug-likeness (QED) is 0.646. The van der Waals surface area contributed by atoms with Gasteiger partial charge in [-0.25, -0.2) is 0 Å². The van der Waals surface area contributed by atoms with Crippen LogP contribution in [-0.4, -0.2) is 0 Å². The van der Waals surface area contributed by atoms with E-state index in [1.54, 1.807) is 0 Å². The van der Waals surface area contributed by atoms with Crippen molar-refractivity contribution in [3.05, 3.63) is 71.3 Å². The van der Waals surface area contributed by atoms with Crippen molar-refractivity contribution in [3.8, 4) is 11.1 Å². The molecule has 1 aliphatic rings. The van der Waals surface area contributed by atoms with Crippen LogP contribution in [0.3, 0.4) is 0 Å². The summed E-state index contributed by atoms with van der Waals surface area (Å²) in [6.45, 7) is 8.39. The topological polar surface area (TPSA) is 0 Å². The lowest BCUT2D eigenvalue weighted by Gasteiger charge is -2.07. The highest BCUT2D eigenvalue weighted by Gasteiger charge is 2.24. The summed E-state index contributed by atoms with van der Waals surface area (Å²) in [5.74, 6) is 0.523. The first-order valence-electron chi connectivity index (χ1n) is 6.53. The van der Waals surface area contributed by atoms with Crippen LogP contribution in [0, 0.1) is 0 Å². The maximum absolute atomic E-state index is 4.00. The van der Waals surface area contributed by atoms with Crippen molar-refractivity contribution in [3.63, 3.8) is 0 Å². The van der Waals surface area contributed by atoms with E-state index >= 15 is 0 Å². The van der Waals surface area contributed by atoms with Crippen LogP contribution in [0.2, 0.25) is 0 Å². The molecule has 18 heavy (non-hydrogen) atoms. The van der Waals surface area contributed by atoms with Gasteiger partial charge in [0.25, 0.3) is 0 Å². The van der Waals surface area contributed by atoms with E-state index in [1.165, 1.54) is 33.4 Å². The zero-order valence-corrected chi connectivity index (χ0v) is 11.0. The second-order valence-electron chi connectivity index (χ2n) is 5.36. The van der Waals surface area contributed by atoms with Gasteiger partial charge in [0.1, 0.15) is 0 Å². The highest BCUT2D eigenvalue weighted by molar-refractivity contribution is 5.79. The fourth-order valence-electron chi connectivity index (χ4n) is 2.96. The van der Waals surface area contributed by atoms with Gasteiger partial charge in [0.15, 0.2) is 0 Å². The highest BCUT2D eigenvalue weighted by atomic mass is 14.3. The third-order valence-corrected chi connectivity index (χ3v) is 3.81. The van der Waals surface area contributed by atoms with Crippen molar-refractivity contribution in [2.45, 2.75) is 26.2 Å². The van der Waals surface area contributed by atoms with Crippen LogP contribution in [0.4, 0.5) is 0 Å². The summed E-state index contributed by atoms with van der Waals surface area (Å²) in [6, 6.07) is 15.6. The Morgan fingerprint density at radius 3 is 2.56 bits per heavy atom. The Balaban J connectivity index is 2.13. The predicted molar refractivity (Wildman–Crippen MR) is 77.9 cm³/mol. The molecule has 1 atom stereocenters. The standard InChI is InChI=1S/C18H18/c1-12(2)10-14-8-9-16-13(3)15-6-4-5-7-17(15)18(16)11-14/h4-9,11,13H,1,10H2,2-3H3. The first-order chi connectivity index (χ1) is 8.66. The number of hydrogen-bond acceptors (Lipinski definition) is 0. The van der Waals surface area contributed by atoms with E-state index in [4.69, 9.17) is 0 Å². The van der Waals surface area contributed by atoms with Gasteiger partial charge in [-0.3, -0.25) is 0 Å². The zero-order valence-electron chi connectivity index (χ0n) is 11.0. The molecule has 0 saturated carbocycles. The molecule has 0 radical (unpaired) electrons. The Bertz CT molecular complexity index is 620. The fourth-order valence-corrected chi connectivity index (χ4v) is 2.96. The van der Waals surface area contributed by atoms with Gasteiger partial charge in [-0.05, 0) is 41.2 Å². The third-order valence-electron chi connectivity index (χ3n) is 3.81. The molecule has 1 aliphatic carbocycles. The van der Waals surface area contributed by atoms with Gasteiger partial charge >= 0.3 is 0 Å². The lowest BCUT2D eigenvalue weighted by atomic mass is 9.97. The average Bonchev–Trinajstić information content (AvgIpc) is 2.63. The Morgan fingerprint density at radius 2 is 1.78 bits per heavy atom. The molecule has 0 heteroatoms. The van der Waals surface area contributed by atoms with E-state index in [0.717, 1.165) is 6.42 Å². The predicted octanol–water partition coefficient (Wildman–Crippen LogP) is 4.94. The fraction of sp³-hybridized carbons (Fsp3) is 0.222.